The molecule has 2 aliphatic carbocycles. The quantitative estimate of drug-likeness (QED) is 0.0986. The summed E-state index contributed by atoms with van der Waals surface area (Å²) in [6, 6.07) is 10.8. The van der Waals surface area contributed by atoms with Gasteiger partial charge >= 0.3 is 0 Å². The number of hydrogen-bond acceptors (Lipinski definition) is 9. The Labute approximate surface area is 343 Å². The Balaban J connectivity index is 1.11. The third-order valence-corrected chi connectivity index (χ3v) is 13.8. The van der Waals surface area contributed by atoms with Gasteiger partial charge in [-0.15, -0.1) is 0 Å². The average Bonchev–Trinajstić information content (AvgIpc) is 3.91. The molecular formula is C47H63N7O4. The first-order chi connectivity index (χ1) is 27.9. The largest absolute Gasteiger partial charge is 0.361 e. The number of anilines is 2. The van der Waals surface area contributed by atoms with Gasteiger partial charge < -0.3 is 24.6 Å². The summed E-state index contributed by atoms with van der Waals surface area (Å²) >= 11 is 0. The average molecular weight is 790 g/mol. The summed E-state index contributed by atoms with van der Waals surface area (Å²) in [7, 11) is 2.13. The van der Waals surface area contributed by atoms with Crippen molar-refractivity contribution in [2.45, 2.75) is 130 Å². The van der Waals surface area contributed by atoms with E-state index in [2.05, 4.69) is 81.6 Å². The zero-order valence-corrected chi connectivity index (χ0v) is 35.7. The van der Waals surface area contributed by atoms with Crippen molar-refractivity contribution in [2.24, 2.45) is 17.8 Å². The number of benzene rings is 2. The van der Waals surface area contributed by atoms with Crippen LogP contribution in [0.5, 0.6) is 0 Å². The molecule has 11 nitrogen and oxygen atoms in total. The van der Waals surface area contributed by atoms with Gasteiger partial charge in [0.2, 0.25) is 11.8 Å². The first-order valence-corrected chi connectivity index (χ1v) is 21.9. The van der Waals surface area contributed by atoms with Crippen molar-refractivity contribution in [2.75, 3.05) is 37.3 Å². The number of carbonyl (C=O) groups is 2. The van der Waals surface area contributed by atoms with Crippen molar-refractivity contribution in [1.29, 1.82) is 0 Å². The van der Waals surface area contributed by atoms with Crippen LogP contribution in [0.15, 0.2) is 39.4 Å². The molecule has 2 aromatic heterocycles. The van der Waals surface area contributed by atoms with Crippen LogP contribution in [0.2, 0.25) is 0 Å². The lowest BCUT2D eigenvalue weighted by Gasteiger charge is -2.40. The Kier molecular flexibility index (Phi) is 11.4. The van der Waals surface area contributed by atoms with Crippen LogP contribution >= 0.6 is 0 Å². The molecule has 4 aliphatic rings. The predicted molar refractivity (Wildman–Crippen MR) is 228 cm³/mol. The van der Waals surface area contributed by atoms with Gasteiger partial charge in [0.1, 0.15) is 22.6 Å². The van der Waals surface area contributed by atoms with Crippen molar-refractivity contribution in [3.05, 3.63) is 69.9 Å². The van der Waals surface area contributed by atoms with E-state index < -0.39 is 11.1 Å². The summed E-state index contributed by atoms with van der Waals surface area (Å²) in [5.74, 6) is 2.55. The third kappa shape index (κ3) is 7.11. The lowest BCUT2D eigenvalue weighted by molar-refractivity contribution is -0.125. The Morgan fingerprint density at radius 3 is 1.88 bits per heavy atom. The number of fused-ring (bicyclic) bond motifs is 2. The molecule has 2 unspecified atom stereocenters. The van der Waals surface area contributed by atoms with Crippen LogP contribution in [0.4, 0.5) is 11.4 Å². The molecule has 2 aromatic carbocycles. The Morgan fingerprint density at radius 2 is 1.29 bits per heavy atom. The molecular weight excluding hydrogens is 727 g/mol. The van der Waals surface area contributed by atoms with E-state index in [1.807, 2.05) is 33.8 Å². The van der Waals surface area contributed by atoms with Crippen molar-refractivity contribution in [3.63, 3.8) is 0 Å². The fourth-order valence-electron chi connectivity index (χ4n) is 10.9. The van der Waals surface area contributed by atoms with Gasteiger partial charge in [0.25, 0.3) is 0 Å². The summed E-state index contributed by atoms with van der Waals surface area (Å²) in [6.45, 7) is 15.0. The summed E-state index contributed by atoms with van der Waals surface area (Å²) in [6.07, 6.45) is 12.0. The number of carbonyl (C=O) groups excluding carboxylic acids is 2. The monoisotopic (exact) mass is 789 g/mol. The lowest BCUT2D eigenvalue weighted by Crippen LogP contribution is -2.55. The highest BCUT2D eigenvalue weighted by Gasteiger charge is 2.54. The first-order valence-electron chi connectivity index (χ1n) is 21.9. The van der Waals surface area contributed by atoms with Crippen LogP contribution in [0, 0.1) is 45.4 Å². The van der Waals surface area contributed by atoms with Crippen molar-refractivity contribution in [3.8, 4) is 22.3 Å². The number of nitrogens with one attached hydrogen (secondary N) is 4. The summed E-state index contributed by atoms with van der Waals surface area (Å²) in [5.41, 5.74) is 9.01. The molecule has 2 atom stereocenters. The number of nitrogens with zero attached hydrogens (tertiary/aromatic N) is 3. The molecule has 58 heavy (non-hydrogen) atoms. The van der Waals surface area contributed by atoms with Gasteiger partial charge in [0.05, 0.1) is 17.1 Å². The highest BCUT2D eigenvalue weighted by molar-refractivity contribution is 6.08. The number of amides is 2. The predicted octanol–water partition coefficient (Wildman–Crippen LogP) is 9.04. The number of rotatable bonds is 14. The molecule has 4 heterocycles. The highest BCUT2D eigenvalue weighted by atomic mass is 16.5. The first kappa shape index (κ1) is 40.5. The van der Waals surface area contributed by atoms with Gasteiger partial charge in [-0.25, -0.2) is 0 Å². The molecule has 11 heteroatoms. The van der Waals surface area contributed by atoms with E-state index in [-0.39, 0.29) is 23.7 Å². The van der Waals surface area contributed by atoms with Crippen LogP contribution in [0.1, 0.15) is 124 Å². The molecule has 4 aromatic rings. The second kappa shape index (κ2) is 16.4. The summed E-state index contributed by atoms with van der Waals surface area (Å²) in [5, 5.41) is 23.1. The molecule has 2 amide bonds. The Hall–Kier alpha value is -4.32. The minimum Gasteiger partial charge on any atom is -0.361 e. The summed E-state index contributed by atoms with van der Waals surface area (Å²) < 4.78 is 11.3. The van der Waals surface area contributed by atoms with Crippen LogP contribution < -0.4 is 21.3 Å². The zero-order valence-electron chi connectivity index (χ0n) is 35.7. The normalized spacial score (nSPS) is 22.5. The van der Waals surface area contributed by atoms with Crippen molar-refractivity contribution in [1.82, 2.24) is 25.8 Å². The zero-order chi connectivity index (χ0) is 40.8. The maximum absolute atomic E-state index is 14.6. The molecule has 4 N–H and O–H groups in total. The highest BCUT2D eigenvalue weighted by Crippen LogP contribution is 2.51. The van der Waals surface area contributed by atoms with E-state index in [1.165, 1.54) is 12.8 Å². The smallest absolute Gasteiger partial charge is 0.249 e. The number of aromatic nitrogens is 2. The number of aryl methyl sites for hydroxylation is 4. The second-order valence-corrected chi connectivity index (χ2v) is 18.2. The van der Waals surface area contributed by atoms with Crippen LogP contribution in [-0.4, -0.2) is 53.7 Å². The maximum atomic E-state index is 14.6. The summed E-state index contributed by atoms with van der Waals surface area (Å²) in [4.78, 5) is 31.2. The molecule has 0 radical (unpaired) electrons. The van der Waals surface area contributed by atoms with E-state index >= 15 is 0 Å². The van der Waals surface area contributed by atoms with Crippen LogP contribution in [-0.2, 0) is 27.2 Å². The standard InChI is InChI=1S/C47H63N7O4/c1-28(2)20-21-48-47(37-16-12-9-13-17-37)39-26-34(42-30(4)53-58-32(42)6)24-35(43(39)51-45(47)56)27-54(7)23-22-49-46(36-14-10-8-11-15-36)38-25-33(18-19-40(38)50-44(46)55)41-29(3)52-57-31(41)5/h18-19,24-26,28,36-37,48-49H,8-17,20-23,27H2,1-7H3,(H,50,55)(H,51,56). The molecule has 0 bridgehead atoms. The van der Waals surface area contributed by atoms with E-state index in [0.717, 1.165) is 138 Å². The Morgan fingerprint density at radius 1 is 0.741 bits per heavy atom. The Bertz CT molecular complexity index is 2120. The fraction of sp³-hybridized carbons (Fsp3) is 0.574. The minimum atomic E-state index is -0.842. The topological polar surface area (TPSA) is 138 Å². The molecule has 0 spiro atoms. The molecule has 0 saturated heterocycles. The van der Waals surface area contributed by atoms with Gasteiger partial charge in [-0.1, -0.05) is 68.8 Å². The van der Waals surface area contributed by atoms with E-state index in [1.54, 1.807) is 0 Å². The molecule has 2 aliphatic heterocycles. The van der Waals surface area contributed by atoms with E-state index in [0.29, 0.717) is 25.6 Å². The van der Waals surface area contributed by atoms with Crippen LogP contribution in [0.3, 0.4) is 0 Å². The molecule has 310 valence electrons. The van der Waals surface area contributed by atoms with Gasteiger partial charge in [-0.05, 0) is 132 Å². The fourth-order valence-corrected chi connectivity index (χ4v) is 10.9. The van der Waals surface area contributed by atoms with Gasteiger partial charge in [-0.2, -0.15) is 0 Å². The van der Waals surface area contributed by atoms with Crippen molar-refractivity contribution >= 4 is 23.2 Å². The van der Waals surface area contributed by atoms with E-state index in [4.69, 9.17) is 9.05 Å². The third-order valence-electron chi connectivity index (χ3n) is 13.8. The van der Waals surface area contributed by atoms with E-state index in [9.17, 15) is 9.59 Å². The van der Waals surface area contributed by atoms with Gasteiger partial charge in [0.15, 0.2) is 0 Å². The second-order valence-electron chi connectivity index (χ2n) is 18.2. The SMILES string of the molecule is Cc1noc(C)c1-c1ccc2c(c1)C(NCCN(C)Cc1cc(-c3c(C)noc3C)cc3c1NC(=O)C3(NCCC(C)C)C1CCCCC1)(C1CCCCC1)C(=O)N2. The van der Waals surface area contributed by atoms with Crippen LogP contribution in [0.25, 0.3) is 22.3 Å². The minimum absolute atomic E-state index is 0.0321. The molecule has 2 saturated carbocycles. The molecule has 8 rings (SSSR count). The maximum Gasteiger partial charge on any atom is 0.249 e. The van der Waals surface area contributed by atoms with Gasteiger partial charge in [-0.3, -0.25) is 20.2 Å². The molecule has 2 fully saturated rings. The van der Waals surface area contributed by atoms with Gasteiger partial charge in [0, 0.05) is 47.6 Å². The number of hydrogen-bond donors (Lipinski definition) is 4. The number of likely N-dealkylation sites (N-methyl/N-ethyl adjacent to an activating group) is 1. The van der Waals surface area contributed by atoms with Crippen molar-refractivity contribution < 1.29 is 18.6 Å². The lowest BCUT2D eigenvalue weighted by atomic mass is 9.70.